The van der Waals surface area contributed by atoms with Crippen molar-refractivity contribution in [3.8, 4) is 0 Å². The zero-order valence-corrected chi connectivity index (χ0v) is 14.5. The quantitative estimate of drug-likeness (QED) is 0.184. The van der Waals surface area contributed by atoms with E-state index in [9.17, 15) is 14.9 Å². The van der Waals surface area contributed by atoms with Crippen molar-refractivity contribution in [3.63, 3.8) is 0 Å². The Balaban J connectivity index is 2.55. The molecule has 0 N–H and O–H groups in total. The van der Waals surface area contributed by atoms with Crippen molar-refractivity contribution in [2.24, 2.45) is 4.99 Å². The first-order valence-electron chi connectivity index (χ1n) is 7.21. The van der Waals surface area contributed by atoms with Gasteiger partial charge in [0.05, 0.1) is 28.1 Å². The lowest BCUT2D eigenvalue weighted by Gasteiger charge is -2.08. The largest absolute Gasteiger partial charge is 0.480 e. The number of carbonyl (C=O) groups excluding carboxylic acids is 1. The fourth-order valence-corrected chi connectivity index (χ4v) is 2.35. The summed E-state index contributed by atoms with van der Waals surface area (Å²) in [5.74, 6) is 0.0666. The van der Waals surface area contributed by atoms with Gasteiger partial charge in [-0.2, -0.15) is 0 Å². The number of benzene rings is 2. The molecule has 0 heterocycles. The molecule has 124 valence electrons. The average Bonchev–Trinajstić information content (AvgIpc) is 2.61. The molecule has 0 aliphatic heterocycles. The first-order chi connectivity index (χ1) is 11.6. The predicted octanol–water partition coefficient (Wildman–Crippen LogP) is 4.29. The minimum absolute atomic E-state index is 0.161. The van der Waals surface area contributed by atoms with Gasteiger partial charge in [-0.05, 0) is 13.0 Å². The van der Waals surface area contributed by atoms with Crippen LogP contribution >= 0.6 is 15.9 Å². The van der Waals surface area contributed by atoms with E-state index in [4.69, 9.17) is 4.74 Å². The second kappa shape index (κ2) is 8.35. The molecule has 0 amide bonds. The zero-order valence-electron chi connectivity index (χ0n) is 12.9. The molecule has 0 aromatic heterocycles. The van der Waals surface area contributed by atoms with Crippen LogP contribution in [-0.4, -0.2) is 28.5 Å². The van der Waals surface area contributed by atoms with Crippen LogP contribution in [0.25, 0.3) is 0 Å². The number of aliphatic imine (C=N–C) groups is 1. The molecule has 0 saturated heterocycles. The van der Waals surface area contributed by atoms with Crippen molar-refractivity contribution in [3.05, 3.63) is 69.8 Å². The van der Waals surface area contributed by atoms with Crippen LogP contribution in [0.3, 0.4) is 0 Å². The van der Waals surface area contributed by atoms with E-state index in [-0.39, 0.29) is 17.0 Å². The normalized spacial score (nSPS) is 11.2. The Labute approximate surface area is 147 Å². The van der Waals surface area contributed by atoms with Gasteiger partial charge in [-0.15, -0.1) is 0 Å². The summed E-state index contributed by atoms with van der Waals surface area (Å²) in [6.07, 6.45) is 0. The molecule has 0 bridgehead atoms. The number of ether oxygens (including phenoxy) is 1. The first kappa shape index (κ1) is 17.8. The highest BCUT2D eigenvalue weighted by Gasteiger charge is 2.18. The summed E-state index contributed by atoms with van der Waals surface area (Å²) in [4.78, 5) is 27.5. The molecule has 0 saturated carbocycles. The fraction of sp³-hybridized carbons (Fsp3) is 0.176. The number of halogens is 1. The summed E-state index contributed by atoms with van der Waals surface area (Å²) in [7, 11) is 0. The third kappa shape index (κ3) is 4.26. The van der Waals surface area contributed by atoms with E-state index in [1.54, 1.807) is 30.3 Å². The molecule has 0 fully saturated rings. The van der Waals surface area contributed by atoms with Crippen LogP contribution < -0.4 is 0 Å². The third-order valence-corrected chi connectivity index (χ3v) is 3.62. The van der Waals surface area contributed by atoms with Crippen molar-refractivity contribution in [2.75, 3.05) is 11.9 Å². The van der Waals surface area contributed by atoms with Gasteiger partial charge in [0, 0.05) is 17.7 Å². The standard InChI is InChI=1S/C17H15BrN2O4/c1-2-24-16(11-18)19-15-9-8-13(20(22)23)10-14(15)17(21)12-6-4-3-5-7-12/h3-10H,2,11H2,1H3/b19-16+. The van der Waals surface area contributed by atoms with Gasteiger partial charge in [-0.25, -0.2) is 4.99 Å². The number of nitrogens with zero attached hydrogens (tertiary/aromatic N) is 2. The molecule has 2 aromatic carbocycles. The Bertz CT molecular complexity index is 775. The molecular formula is C17H15BrN2O4. The molecule has 0 spiro atoms. The lowest BCUT2D eigenvalue weighted by Crippen LogP contribution is -2.07. The number of carbonyl (C=O) groups is 1. The second-order valence-corrected chi connectivity index (χ2v) is 5.29. The molecular weight excluding hydrogens is 376 g/mol. The Hall–Kier alpha value is -2.54. The highest BCUT2D eigenvalue weighted by Crippen LogP contribution is 2.27. The minimum Gasteiger partial charge on any atom is -0.480 e. The molecule has 0 atom stereocenters. The number of nitro benzene ring substituents is 1. The molecule has 0 aliphatic carbocycles. The Morgan fingerprint density at radius 2 is 1.96 bits per heavy atom. The summed E-state index contributed by atoms with van der Waals surface area (Å²) >= 11 is 3.27. The number of non-ortho nitro benzene ring substituents is 1. The van der Waals surface area contributed by atoms with E-state index in [0.717, 1.165) is 0 Å². The molecule has 0 unspecified atom stereocenters. The minimum atomic E-state index is -0.538. The number of hydrogen-bond donors (Lipinski definition) is 0. The van der Waals surface area contributed by atoms with E-state index < -0.39 is 4.92 Å². The predicted molar refractivity (Wildman–Crippen MR) is 95.5 cm³/mol. The average molecular weight is 391 g/mol. The first-order valence-corrected chi connectivity index (χ1v) is 8.33. The lowest BCUT2D eigenvalue weighted by atomic mass is 10.0. The van der Waals surface area contributed by atoms with Crippen LogP contribution in [0.2, 0.25) is 0 Å². The second-order valence-electron chi connectivity index (χ2n) is 4.73. The van der Waals surface area contributed by atoms with Crippen LogP contribution in [0, 0.1) is 10.1 Å². The fourth-order valence-electron chi connectivity index (χ4n) is 2.06. The van der Waals surface area contributed by atoms with Gasteiger partial charge in [0.1, 0.15) is 0 Å². The van der Waals surface area contributed by atoms with Crippen molar-refractivity contribution >= 4 is 39.0 Å². The number of hydrogen-bond acceptors (Lipinski definition) is 5. The maximum atomic E-state index is 12.7. The third-order valence-electron chi connectivity index (χ3n) is 3.14. The number of alkyl halides is 1. The maximum Gasteiger partial charge on any atom is 0.270 e. The van der Waals surface area contributed by atoms with Gasteiger partial charge >= 0.3 is 0 Å². The molecule has 2 rings (SSSR count). The van der Waals surface area contributed by atoms with Gasteiger partial charge in [0.2, 0.25) is 0 Å². The van der Waals surface area contributed by atoms with Gasteiger partial charge in [-0.1, -0.05) is 46.3 Å². The van der Waals surface area contributed by atoms with Crippen molar-refractivity contribution in [2.45, 2.75) is 6.92 Å². The Kier molecular flexibility index (Phi) is 6.20. The highest BCUT2D eigenvalue weighted by molar-refractivity contribution is 9.09. The van der Waals surface area contributed by atoms with Crippen LogP contribution in [0.4, 0.5) is 11.4 Å². The number of rotatable bonds is 6. The van der Waals surface area contributed by atoms with Crippen LogP contribution in [0.15, 0.2) is 53.5 Å². The van der Waals surface area contributed by atoms with E-state index in [1.807, 2.05) is 6.92 Å². The van der Waals surface area contributed by atoms with Gasteiger partial charge in [0.25, 0.3) is 5.69 Å². The van der Waals surface area contributed by atoms with Gasteiger partial charge in [0.15, 0.2) is 11.7 Å². The van der Waals surface area contributed by atoms with E-state index in [0.29, 0.717) is 29.1 Å². The maximum absolute atomic E-state index is 12.7. The topological polar surface area (TPSA) is 81.8 Å². The molecule has 24 heavy (non-hydrogen) atoms. The highest BCUT2D eigenvalue weighted by atomic mass is 79.9. The SMILES string of the molecule is CCO/C(CBr)=N/c1ccc([N+](=O)[O-])cc1C(=O)c1ccccc1. The molecule has 6 nitrogen and oxygen atoms in total. The molecule has 7 heteroatoms. The number of ketones is 1. The lowest BCUT2D eigenvalue weighted by molar-refractivity contribution is -0.384. The molecule has 0 aliphatic rings. The Morgan fingerprint density at radius 1 is 1.25 bits per heavy atom. The van der Waals surface area contributed by atoms with Crippen molar-refractivity contribution in [1.29, 1.82) is 0 Å². The summed E-state index contributed by atoms with van der Waals surface area (Å²) in [5.41, 5.74) is 0.766. The van der Waals surface area contributed by atoms with Crippen LogP contribution in [0.5, 0.6) is 0 Å². The van der Waals surface area contributed by atoms with E-state index in [2.05, 4.69) is 20.9 Å². The van der Waals surface area contributed by atoms with E-state index in [1.165, 1.54) is 18.2 Å². The van der Waals surface area contributed by atoms with Gasteiger partial charge < -0.3 is 4.74 Å². The van der Waals surface area contributed by atoms with E-state index >= 15 is 0 Å². The summed E-state index contributed by atoms with van der Waals surface area (Å²) in [6.45, 7) is 2.25. The number of nitro groups is 1. The summed E-state index contributed by atoms with van der Waals surface area (Å²) in [6, 6.07) is 12.6. The summed E-state index contributed by atoms with van der Waals surface area (Å²) in [5, 5.41) is 11.4. The van der Waals surface area contributed by atoms with Crippen molar-refractivity contribution in [1.82, 2.24) is 0 Å². The Morgan fingerprint density at radius 3 is 2.54 bits per heavy atom. The zero-order chi connectivity index (χ0) is 17.5. The molecule has 0 radical (unpaired) electrons. The molecule has 2 aromatic rings. The monoisotopic (exact) mass is 390 g/mol. The van der Waals surface area contributed by atoms with Crippen molar-refractivity contribution < 1.29 is 14.5 Å². The van der Waals surface area contributed by atoms with Crippen LogP contribution in [0.1, 0.15) is 22.8 Å². The van der Waals surface area contributed by atoms with Crippen LogP contribution in [-0.2, 0) is 4.74 Å². The smallest absolute Gasteiger partial charge is 0.270 e. The van der Waals surface area contributed by atoms with Gasteiger partial charge in [-0.3, -0.25) is 14.9 Å². The summed E-state index contributed by atoms with van der Waals surface area (Å²) < 4.78 is 5.37.